The lowest BCUT2D eigenvalue weighted by Gasteiger charge is -2.33. The van der Waals surface area contributed by atoms with Crippen molar-refractivity contribution in [3.63, 3.8) is 0 Å². The van der Waals surface area contributed by atoms with Gasteiger partial charge in [-0.3, -0.25) is 9.59 Å². The van der Waals surface area contributed by atoms with Gasteiger partial charge in [0.15, 0.2) is 23.1 Å². The first-order chi connectivity index (χ1) is 14.2. The first kappa shape index (κ1) is 22.1. The highest BCUT2D eigenvalue weighted by molar-refractivity contribution is 7.91. The van der Waals surface area contributed by atoms with Crippen LogP contribution in [-0.4, -0.2) is 67.9 Å². The van der Waals surface area contributed by atoms with E-state index in [1.807, 2.05) is 0 Å². The Kier molecular flexibility index (Phi) is 6.96. The molecule has 3 rings (SSSR count). The normalized spacial score (nSPS) is 20.6. The predicted octanol–water partition coefficient (Wildman–Crippen LogP) is 0.666. The Labute approximate surface area is 175 Å². The number of rotatable bonds is 8. The molecule has 0 radical (unpaired) electrons. The highest BCUT2D eigenvalue weighted by atomic mass is 32.2. The van der Waals surface area contributed by atoms with E-state index in [0.717, 1.165) is 25.7 Å². The van der Waals surface area contributed by atoms with Gasteiger partial charge in [-0.25, -0.2) is 13.2 Å². The number of nitrogens with zero attached hydrogens (tertiary/aromatic N) is 1. The van der Waals surface area contributed by atoms with Crippen LogP contribution < -0.4 is 10.5 Å². The Balaban J connectivity index is 1.59. The Hall–Kier alpha value is -2.62. The van der Waals surface area contributed by atoms with Gasteiger partial charge in [0, 0.05) is 12.1 Å². The summed E-state index contributed by atoms with van der Waals surface area (Å²) in [5, 5.41) is 0. The summed E-state index contributed by atoms with van der Waals surface area (Å²) < 4.78 is 34.1. The van der Waals surface area contributed by atoms with Crippen LogP contribution in [0.15, 0.2) is 24.3 Å². The maximum Gasteiger partial charge on any atom is 0.338 e. The Morgan fingerprint density at radius 2 is 1.67 bits per heavy atom. The maximum atomic E-state index is 12.9. The van der Waals surface area contributed by atoms with Gasteiger partial charge < -0.3 is 20.1 Å². The number of esters is 1. The molecule has 30 heavy (non-hydrogen) atoms. The van der Waals surface area contributed by atoms with Gasteiger partial charge in [0.05, 0.1) is 17.1 Å². The highest BCUT2D eigenvalue weighted by Crippen LogP contribution is 2.29. The van der Waals surface area contributed by atoms with E-state index >= 15 is 0 Å². The smallest absolute Gasteiger partial charge is 0.338 e. The van der Waals surface area contributed by atoms with Crippen LogP contribution in [0.3, 0.4) is 0 Å². The van der Waals surface area contributed by atoms with Crippen LogP contribution in [0.1, 0.15) is 42.5 Å². The number of primary amides is 1. The lowest BCUT2D eigenvalue weighted by molar-refractivity contribution is -0.139. The van der Waals surface area contributed by atoms with Crippen molar-refractivity contribution >= 4 is 27.6 Å². The van der Waals surface area contributed by atoms with E-state index in [4.69, 9.17) is 15.2 Å². The molecule has 1 heterocycles. The second-order valence-corrected chi connectivity index (χ2v) is 9.88. The monoisotopic (exact) mass is 438 g/mol. The number of carbonyl (C=O) groups is 3. The molecule has 0 spiro atoms. The van der Waals surface area contributed by atoms with Crippen LogP contribution in [-0.2, 0) is 24.2 Å². The summed E-state index contributed by atoms with van der Waals surface area (Å²) in [6, 6.07) is 5.55. The second-order valence-electron chi connectivity index (χ2n) is 7.65. The van der Waals surface area contributed by atoms with Crippen molar-refractivity contribution in [2.75, 3.05) is 24.7 Å². The summed E-state index contributed by atoms with van der Waals surface area (Å²) in [6.07, 6.45) is 4.09. The number of sulfone groups is 1. The number of hydrogen-bond acceptors (Lipinski definition) is 7. The summed E-state index contributed by atoms with van der Waals surface area (Å²) in [4.78, 5) is 37.5. The molecule has 0 bridgehead atoms. The van der Waals surface area contributed by atoms with Crippen molar-refractivity contribution in [3.05, 3.63) is 29.8 Å². The van der Waals surface area contributed by atoms with Crippen molar-refractivity contribution in [3.8, 4) is 5.75 Å². The summed E-state index contributed by atoms with van der Waals surface area (Å²) in [5.41, 5.74) is 5.24. The van der Waals surface area contributed by atoms with E-state index in [1.165, 1.54) is 24.3 Å². The third-order valence-electron chi connectivity index (χ3n) is 5.41. The van der Waals surface area contributed by atoms with Gasteiger partial charge in [0.25, 0.3) is 11.8 Å². The molecule has 2 amide bonds. The molecule has 1 aliphatic heterocycles. The number of ether oxygens (including phenoxy) is 2. The molecule has 164 valence electrons. The fraction of sp³-hybridized carbons (Fsp3) is 0.550. The van der Waals surface area contributed by atoms with Crippen LogP contribution in [0.4, 0.5) is 0 Å². The molecule has 2 N–H and O–H groups in total. The zero-order valence-electron chi connectivity index (χ0n) is 16.6. The van der Waals surface area contributed by atoms with E-state index in [9.17, 15) is 22.8 Å². The lowest BCUT2D eigenvalue weighted by atomic mass is 10.1. The lowest BCUT2D eigenvalue weighted by Crippen LogP contribution is -2.48. The fourth-order valence-electron chi connectivity index (χ4n) is 4.01. The first-order valence-electron chi connectivity index (χ1n) is 9.95. The standard InChI is InChI=1S/C20H26N2O7S/c21-18(23)11-28-17-7-5-14(6-8-17)20(25)29-12-19(24)22(15-3-1-2-4-15)16-9-10-30(26,27)13-16/h5-8,15-16H,1-4,9-13H2,(H2,21,23). The van der Waals surface area contributed by atoms with Gasteiger partial charge in [-0.1, -0.05) is 12.8 Å². The molecule has 10 heteroatoms. The molecule has 1 unspecified atom stereocenters. The molecule has 2 aliphatic rings. The van der Waals surface area contributed by atoms with E-state index in [0.29, 0.717) is 12.2 Å². The number of amides is 2. The van der Waals surface area contributed by atoms with E-state index in [1.54, 1.807) is 4.90 Å². The third-order valence-corrected chi connectivity index (χ3v) is 7.16. The number of hydrogen-bond donors (Lipinski definition) is 1. The Morgan fingerprint density at radius 3 is 2.23 bits per heavy atom. The molecule has 9 nitrogen and oxygen atoms in total. The highest BCUT2D eigenvalue weighted by Gasteiger charge is 2.39. The summed E-state index contributed by atoms with van der Waals surface area (Å²) in [7, 11) is -3.13. The van der Waals surface area contributed by atoms with E-state index < -0.39 is 28.3 Å². The van der Waals surface area contributed by atoms with Crippen LogP contribution in [0, 0.1) is 0 Å². The van der Waals surface area contributed by atoms with Crippen molar-refractivity contribution < 1.29 is 32.3 Å². The largest absolute Gasteiger partial charge is 0.484 e. The molecule has 0 aromatic heterocycles. The average molecular weight is 439 g/mol. The topological polar surface area (TPSA) is 133 Å². The van der Waals surface area contributed by atoms with Crippen molar-refractivity contribution in [2.24, 2.45) is 5.73 Å². The van der Waals surface area contributed by atoms with Gasteiger partial charge in [-0.05, 0) is 43.5 Å². The Bertz CT molecular complexity index is 892. The summed E-state index contributed by atoms with van der Waals surface area (Å²) in [5.74, 6) is -1.22. The molecule has 1 aliphatic carbocycles. The van der Waals surface area contributed by atoms with Crippen LogP contribution >= 0.6 is 0 Å². The van der Waals surface area contributed by atoms with Crippen LogP contribution in [0.2, 0.25) is 0 Å². The first-order valence-corrected chi connectivity index (χ1v) is 11.8. The Morgan fingerprint density at radius 1 is 1.00 bits per heavy atom. The quantitative estimate of drug-likeness (QED) is 0.590. The van der Waals surface area contributed by atoms with Gasteiger partial charge in [-0.15, -0.1) is 0 Å². The fourth-order valence-corrected chi connectivity index (χ4v) is 5.72. The number of benzene rings is 1. The molecular weight excluding hydrogens is 412 g/mol. The van der Waals surface area contributed by atoms with Gasteiger partial charge in [0.2, 0.25) is 0 Å². The van der Waals surface area contributed by atoms with E-state index in [-0.39, 0.29) is 41.7 Å². The minimum atomic E-state index is -3.13. The van der Waals surface area contributed by atoms with Gasteiger partial charge in [0.1, 0.15) is 5.75 Å². The molecule has 1 aromatic rings. The molecule has 1 aromatic carbocycles. The predicted molar refractivity (Wildman–Crippen MR) is 108 cm³/mol. The van der Waals surface area contributed by atoms with Gasteiger partial charge in [-0.2, -0.15) is 0 Å². The second kappa shape index (κ2) is 9.46. The molecule has 1 atom stereocenters. The number of carbonyl (C=O) groups excluding carboxylic acids is 3. The maximum absolute atomic E-state index is 12.9. The molecule has 2 fully saturated rings. The average Bonchev–Trinajstić information content (AvgIpc) is 3.35. The minimum absolute atomic E-state index is 0.00353. The SMILES string of the molecule is NC(=O)COc1ccc(C(=O)OCC(=O)N(C2CCCC2)C2CCS(=O)(=O)C2)cc1. The van der Waals surface area contributed by atoms with Crippen molar-refractivity contribution in [1.29, 1.82) is 0 Å². The zero-order chi connectivity index (χ0) is 21.7. The zero-order valence-corrected chi connectivity index (χ0v) is 17.4. The summed E-state index contributed by atoms with van der Waals surface area (Å²) in [6.45, 7) is -0.710. The van der Waals surface area contributed by atoms with Crippen molar-refractivity contribution in [2.45, 2.75) is 44.2 Å². The molecule has 1 saturated carbocycles. The van der Waals surface area contributed by atoms with Crippen LogP contribution in [0.25, 0.3) is 0 Å². The summed E-state index contributed by atoms with van der Waals surface area (Å²) >= 11 is 0. The van der Waals surface area contributed by atoms with E-state index in [2.05, 4.69) is 0 Å². The van der Waals surface area contributed by atoms with Crippen molar-refractivity contribution in [1.82, 2.24) is 4.90 Å². The molecular formula is C20H26N2O7S. The number of nitrogens with two attached hydrogens (primary N) is 1. The van der Waals surface area contributed by atoms with Crippen LogP contribution in [0.5, 0.6) is 5.75 Å². The third kappa shape index (κ3) is 5.71. The molecule has 1 saturated heterocycles. The van der Waals surface area contributed by atoms with Gasteiger partial charge >= 0.3 is 5.97 Å². The minimum Gasteiger partial charge on any atom is -0.484 e.